The van der Waals surface area contributed by atoms with E-state index in [0.29, 0.717) is 24.5 Å². The predicted molar refractivity (Wildman–Crippen MR) is 64.4 cm³/mol. The van der Waals surface area contributed by atoms with Crippen molar-refractivity contribution in [2.75, 3.05) is 20.3 Å². The summed E-state index contributed by atoms with van der Waals surface area (Å²) in [5.41, 5.74) is 0.526. The molecule has 4 heteroatoms. The largest absolute Gasteiger partial charge is 0.491 e. The molecule has 0 bridgehead atoms. The van der Waals surface area contributed by atoms with Gasteiger partial charge in [0.15, 0.2) is 0 Å². The molecule has 1 rings (SSSR count). The number of carbonyl (C=O) groups excluding carboxylic acids is 1. The zero-order chi connectivity index (χ0) is 12.7. The summed E-state index contributed by atoms with van der Waals surface area (Å²) in [6, 6.07) is 6.86. The lowest BCUT2D eigenvalue weighted by Crippen LogP contribution is -2.11. The summed E-state index contributed by atoms with van der Waals surface area (Å²) < 4.78 is 15.3. The van der Waals surface area contributed by atoms with E-state index in [1.54, 1.807) is 31.4 Å². The number of rotatable bonds is 6. The first-order chi connectivity index (χ1) is 8.13. The van der Waals surface area contributed by atoms with Crippen LogP contribution in [0.3, 0.4) is 0 Å². The van der Waals surface area contributed by atoms with Crippen molar-refractivity contribution in [2.45, 2.75) is 20.0 Å². The summed E-state index contributed by atoms with van der Waals surface area (Å²) in [4.78, 5) is 11.5. The number of benzene rings is 1. The van der Waals surface area contributed by atoms with Crippen LogP contribution in [0.25, 0.3) is 0 Å². The predicted octanol–water partition coefficient (Wildman–Crippen LogP) is 2.28. The molecule has 0 heterocycles. The molecular weight excluding hydrogens is 220 g/mol. The van der Waals surface area contributed by atoms with Crippen molar-refractivity contribution in [1.29, 1.82) is 0 Å². The highest BCUT2D eigenvalue weighted by atomic mass is 16.5. The molecule has 0 saturated heterocycles. The molecule has 0 N–H and O–H groups in total. The topological polar surface area (TPSA) is 44.8 Å². The normalized spacial score (nSPS) is 10.4. The molecule has 0 fully saturated rings. The van der Waals surface area contributed by atoms with Crippen molar-refractivity contribution in [2.24, 2.45) is 0 Å². The number of ether oxygens (including phenoxy) is 3. The molecule has 0 aliphatic heterocycles. The van der Waals surface area contributed by atoms with E-state index >= 15 is 0 Å². The van der Waals surface area contributed by atoms with Gasteiger partial charge in [0.05, 0.1) is 18.3 Å². The summed E-state index contributed by atoms with van der Waals surface area (Å²) in [7, 11) is 1.62. The number of esters is 1. The van der Waals surface area contributed by atoms with E-state index < -0.39 is 0 Å². The molecule has 94 valence electrons. The van der Waals surface area contributed by atoms with E-state index in [4.69, 9.17) is 14.2 Å². The third kappa shape index (κ3) is 4.87. The highest BCUT2D eigenvalue weighted by molar-refractivity contribution is 5.89. The molecule has 17 heavy (non-hydrogen) atoms. The summed E-state index contributed by atoms with van der Waals surface area (Å²) >= 11 is 0. The Bertz CT molecular complexity index is 343. The Hall–Kier alpha value is -1.55. The van der Waals surface area contributed by atoms with Crippen LogP contribution in [-0.4, -0.2) is 32.4 Å². The van der Waals surface area contributed by atoms with E-state index in [-0.39, 0.29) is 12.1 Å². The van der Waals surface area contributed by atoms with Crippen molar-refractivity contribution >= 4 is 5.97 Å². The van der Waals surface area contributed by atoms with Gasteiger partial charge in [0.2, 0.25) is 0 Å². The Kier molecular flexibility index (Phi) is 5.49. The van der Waals surface area contributed by atoms with Gasteiger partial charge in [-0.1, -0.05) is 0 Å². The average molecular weight is 238 g/mol. The van der Waals surface area contributed by atoms with Gasteiger partial charge in [-0.2, -0.15) is 0 Å². The first kappa shape index (κ1) is 13.5. The highest BCUT2D eigenvalue weighted by Crippen LogP contribution is 2.13. The summed E-state index contributed by atoms with van der Waals surface area (Å²) in [6.45, 7) is 4.67. The molecular formula is C13H18O4. The molecule has 0 atom stereocenters. The van der Waals surface area contributed by atoms with Crippen LogP contribution in [0, 0.1) is 0 Å². The standard InChI is InChI=1S/C13H18O4/c1-10(2)17-13(14)11-4-6-12(7-5-11)16-9-8-15-3/h4-7,10H,8-9H2,1-3H3. The molecule has 0 amide bonds. The van der Waals surface area contributed by atoms with Gasteiger partial charge in [-0.25, -0.2) is 4.79 Å². The summed E-state index contributed by atoms with van der Waals surface area (Å²) in [5, 5.41) is 0. The van der Waals surface area contributed by atoms with Crippen LogP contribution in [0.1, 0.15) is 24.2 Å². The number of carbonyl (C=O) groups is 1. The average Bonchev–Trinajstić information content (AvgIpc) is 2.29. The second-order valence-corrected chi connectivity index (χ2v) is 3.82. The van der Waals surface area contributed by atoms with E-state index in [2.05, 4.69) is 0 Å². The van der Waals surface area contributed by atoms with Crippen LogP contribution in [0.2, 0.25) is 0 Å². The maximum atomic E-state index is 11.5. The maximum Gasteiger partial charge on any atom is 0.338 e. The fourth-order valence-corrected chi connectivity index (χ4v) is 1.21. The van der Waals surface area contributed by atoms with Gasteiger partial charge in [0.25, 0.3) is 0 Å². The minimum atomic E-state index is -0.316. The Labute approximate surface area is 101 Å². The van der Waals surface area contributed by atoms with Crippen molar-refractivity contribution in [3.8, 4) is 5.75 Å². The molecule has 0 aromatic heterocycles. The van der Waals surface area contributed by atoms with Crippen molar-refractivity contribution in [3.63, 3.8) is 0 Å². The molecule has 0 radical (unpaired) electrons. The Morgan fingerprint density at radius 2 is 1.82 bits per heavy atom. The monoisotopic (exact) mass is 238 g/mol. The smallest absolute Gasteiger partial charge is 0.338 e. The number of hydrogen-bond donors (Lipinski definition) is 0. The van der Waals surface area contributed by atoms with Gasteiger partial charge < -0.3 is 14.2 Å². The van der Waals surface area contributed by atoms with Gasteiger partial charge in [-0.3, -0.25) is 0 Å². The lowest BCUT2D eigenvalue weighted by Gasteiger charge is -2.09. The second-order valence-electron chi connectivity index (χ2n) is 3.82. The van der Waals surface area contributed by atoms with E-state index in [1.807, 2.05) is 13.8 Å². The molecule has 0 spiro atoms. The van der Waals surface area contributed by atoms with Crippen LogP contribution in [-0.2, 0) is 9.47 Å². The maximum absolute atomic E-state index is 11.5. The molecule has 0 unspecified atom stereocenters. The van der Waals surface area contributed by atoms with Crippen LogP contribution in [0.4, 0.5) is 0 Å². The van der Waals surface area contributed by atoms with Crippen molar-refractivity contribution in [1.82, 2.24) is 0 Å². The van der Waals surface area contributed by atoms with Gasteiger partial charge in [-0.15, -0.1) is 0 Å². The van der Waals surface area contributed by atoms with E-state index in [1.165, 1.54) is 0 Å². The number of hydrogen-bond acceptors (Lipinski definition) is 4. The molecule has 1 aromatic rings. The third-order valence-corrected chi connectivity index (χ3v) is 1.99. The molecule has 0 aliphatic carbocycles. The first-order valence-electron chi connectivity index (χ1n) is 5.56. The van der Waals surface area contributed by atoms with Crippen LogP contribution < -0.4 is 4.74 Å². The summed E-state index contributed by atoms with van der Waals surface area (Å²) in [5.74, 6) is 0.395. The molecule has 0 aliphatic rings. The first-order valence-corrected chi connectivity index (χ1v) is 5.56. The number of methoxy groups -OCH3 is 1. The van der Waals surface area contributed by atoms with Crippen LogP contribution in [0.5, 0.6) is 5.75 Å². The Morgan fingerprint density at radius 3 is 2.35 bits per heavy atom. The zero-order valence-electron chi connectivity index (χ0n) is 10.4. The SMILES string of the molecule is COCCOc1ccc(C(=O)OC(C)C)cc1. The second kappa shape index (κ2) is 6.91. The minimum Gasteiger partial charge on any atom is -0.491 e. The van der Waals surface area contributed by atoms with Crippen LogP contribution >= 0.6 is 0 Å². The van der Waals surface area contributed by atoms with E-state index in [9.17, 15) is 4.79 Å². The van der Waals surface area contributed by atoms with Gasteiger partial charge in [-0.05, 0) is 38.1 Å². The lowest BCUT2D eigenvalue weighted by molar-refractivity contribution is 0.0378. The van der Waals surface area contributed by atoms with Gasteiger partial charge >= 0.3 is 5.97 Å². The molecule has 4 nitrogen and oxygen atoms in total. The minimum absolute atomic E-state index is 0.111. The Morgan fingerprint density at radius 1 is 1.18 bits per heavy atom. The summed E-state index contributed by atoms with van der Waals surface area (Å²) in [6.07, 6.45) is -0.111. The Balaban J connectivity index is 2.52. The van der Waals surface area contributed by atoms with E-state index in [0.717, 1.165) is 0 Å². The zero-order valence-corrected chi connectivity index (χ0v) is 10.4. The van der Waals surface area contributed by atoms with Gasteiger partial charge in [0, 0.05) is 7.11 Å². The highest BCUT2D eigenvalue weighted by Gasteiger charge is 2.08. The lowest BCUT2D eigenvalue weighted by atomic mass is 10.2. The van der Waals surface area contributed by atoms with Crippen molar-refractivity contribution in [3.05, 3.63) is 29.8 Å². The molecule has 0 saturated carbocycles. The van der Waals surface area contributed by atoms with Gasteiger partial charge in [0.1, 0.15) is 12.4 Å². The quantitative estimate of drug-likeness (QED) is 0.563. The van der Waals surface area contributed by atoms with Crippen molar-refractivity contribution < 1.29 is 19.0 Å². The fraction of sp³-hybridized carbons (Fsp3) is 0.462. The molecule has 1 aromatic carbocycles. The third-order valence-electron chi connectivity index (χ3n) is 1.99. The van der Waals surface area contributed by atoms with Crippen LogP contribution in [0.15, 0.2) is 24.3 Å². The fourth-order valence-electron chi connectivity index (χ4n) is 1.21.